The third-order valence-electron chi connectivity index (χ3n) is 1.67. The first kappa shape index (κ1) is 13.9. The first-order valence-corrected chi connectivity index (χ1v) is 5.99. The Bertz CT molecular complexity index is 562. The van der Waals surface area contributed by atoms with E-state index in [4.69, 9.17) is 10.5 Å². The van der Waals surface area contributed by atoms with Crippen LogP contribution in [0.2, 0.25) is 0 Å². The Morgan fingerprint density at radius 2 is 2.11 bits per heavy atom. The molecule has 1 aromatic heterocycles. The van der Waals surface area contributed by atoms with Crippen LogP contribution in [0.25, 0.3) is 0 Å². The maximum atomic E-state index is 11.4. The number of nitriles is 2. The predicted molar refractivity (Wildman–Crippen MR) is 58.4 cm³/mol. The number of hydrogen-bond donors (Lipinski definition) is 2. The highest BCUT2D eigenvalue weighted by Crippen LogP contribution is 2.09. The molecule has 2 N–H and O–H groups in total. The topological polar surface area (TPSA) is 141 Å². The van der Waals surface area contributed by atoms with Crippen LogP contribution in [0.1, 0.15) is 11.4 Å². The van der Waals surface area contributed by atoms with Gasteiger partial charge in [-0.15, -0.1) is 0 Å². The van der Waals surface area contributed by atoms with Gasteiger partial charge in [0.25, 0.3) is 0 Å². The Balaban J connectivity index is 2.76. The standard InChI is InChI=1S/C8H9N5O4S/c1-16-2-3-17-18(14,15)13-8-11-6(4-9)7(5-10)12-8/h2-3H2,1H3,(H2,11,12,13). The Kier molecular flexibility index (Phi) is 4.62. The normalized spacial score (nSPS) is 10.6. The van der Waals surface area contributed by atoms with Gasteiger partial charge in [-0.3, -0.25) is 4.18 Å². The molecule has 0 radical (unpaired) electrons. The fourth-order valence-corrected chi connectivity index (χ4v) is 1.64. The molecule has 0 aromatic carbocycles. The van der Waals surface area contributed by atoms with Crippen molar-refractivity contribution >= 4 is 16.3 Å². The third kappa shape index (κ3) is 3.71. The molecule has 0 bridgehead atoms. The number of aromatic nitrogens is 2. The number of aromatic amines is 1. The summed E-state index contributed by atoms with van der Waals surface area (Å²) in [4.78, 5) is 5.90. The van der Waals surface area contributed by atoms with E-state index in [1.165, 1.54) is 7.11 Å². The van der Waals surface area contributed by atoms with Crippen LogP contribution in [-0.2, 0) is 19.2 Å². The van der Waals surface area contributed by atoms with Crippen LogP contribution in [0.15, 0.2) is 0 Å². The lowest BCUT2D eigenvalue weighted by Gasteiger charge is -2.04. The van der Waals surface area contributed by atoms with Crippen molar-refractivity contribution in [1.29, 1.82) is 10.5 Å². The molecule has 0 unspecified atom stereocenters. The summed E-state index contributed by atoms with van der Waals surface area (Å²) >= 11 is 0. The summed E-state index contributed by atoms with van der Waals surface area (Å²) in [5, 5.41) is 17.3. The molecule has 10 heteroatoms. The van der Waals surface area contributed by atoms with Crippen molar-refractivity contribution < 1.29 is 17.3 Å². The largest absolute Gasteiger partial charge is 0.382 e. The molecule has 0 amide bonds. The van der Waals surface area contributed by atoms with Crippen LogP contribution >= 0.6 is 0 Å². The summed E-state index contributed by atoms with van der Waals surface area (Å²) < 4.78 is 33.8. The van der Waals surface area contributed by atoms with Crippen LogP contribution in [0.4, 0.5) is 5.95 Å². The molecular weight excluding hydrogens is 262 g/mol. The molecule has 0 aliphatic rings. The highest BCUT2D eigenvalue weighted by atomic mass is 32.2. The van der Waals surface area contributed by atoms with Crippen molar-refractivity contribution in [3.8, 4) is 12.1 Å². The van der Waals surface area contributed by atoms with E-state index in [0.29, 0.717) is 0 Å². The van der Waals surface area contributed by atoms with E-state index in [-0.39, 0.29) is 30.5 Å². The number of rotatable bonds is 6. The van der Waals surface area contributed by atoms with Gasteiger partial charge in [-0.05, 0) is 0 Å². The van der Waals surface area contributed by atoms with Crippen LogP contribution in [-0.4, -0.2) is 38.7 Å². The second-order valence-corrected chi connectivity index (χ2v) is 4.25. The van der Waals surface area contributed by atoms with E-state index < -0.39 is 10.3 Å². The van der Waals surface area contributed by atoms with Gasteiger partial charge in [0, 0.05) is 7.11 Å². The highest BCUT2D eigenvalue weighted by Gasteiger charge is 2.16. The van der Waals surface area contributed by atoms with E-state index in [2.05, 4.69) is 18.9 Å². The van der Waals surface area contributed by atoms with Crippen molar-refractivity contribution in [2.24, 2.45) is 0 Å². The average Bonchev–Trinajstić information content (AvgIpc) is 2.70. The van der Waals surface area contributed by atoms with Gasteiger partial charge in [-0.2, -0.15) is 23.9 Å². The molecule has 0 fully saturated rings. The zero-order chi connectivity index (χ0) is 13.6. The number of methoxy groups -OCH3 is 1. The summed E-state index contributed by atoms with van der Waals surface area (Å²) in [6, 6.07) is 3.31. The molecule has 0 aliphatic heterocycles. The molecular formula is C8H9N5O4S. The highest BCUT2D eigenvalue weighted by molar-refractivity contribution is 7.88. The van der Waals surface area contributed by atoms with E-state index in [9.17, 15) is 8.42 Å². The summed E-state index contributed by atoms with van der Waals surface area (Å²) in [5.41, 5.74) is -0.334. The summed E-state index contributed by atoms with van der Waals surface area (Å²) in [6.07, 6.45) is 0. The molecule has 9 nitrogen and oxygen atoms in total. The molecule has 0 aliphatic carbocycles. The summed E-state index contributed by atoms with van der Waals surface area (Å²) in [7, 11) is -2.67. The fraction of sp³-hybridized carbons (Fsp3) is 0.375. The monoisotopic (exact) mass is 271 g/mol. The van der Waals surface area contributed by atoms with Crippen LogP contribution in [0, 0.1) is 22.7 Å². The average molecular weight is 271 g/mol. The molecule has 96 valence electrons. The Morgan fingerprint density at radius 3 is 2.61 bits per heavy atom. The number of hydrogen-bond acceptors (Lipinski definition) is 7. The number of nitrogens with zero attached hydrogens (tertiary/aromatic N) is 3. The zero-order valence-electron chi connectivity index (χ0n) is 9.30. The van der Waals surface area contributed by atoms with Gasteiger partial charge in [-0.1, -0.05) is 0 Å². The van der Waals surface area contributed by atoms with Gasteiger partial charge in [0.2, 0.25) is 5.95 Å². The van der Waals surface area contributed by atoms with Gasteiger partial charge in [0.15, 0.2) is 11.4 Å². The molecule has 1 aromatic rings. The minimum absolute atomic E-state index is 0.103. The second-order valence-electron chi connectivity index (χ2n) is 2.90. The molecule has 0 atom stereocenters. The minimum atomic E-state index is -4.07. The molecule has 1 rings (SSSR count). The van der Waals surface area contributed by atoms with E-state index in [1.54, 1.807) is 12.1 Å². The second kappa shape index (κ2) is 5.97. The first-order chi connectivity index (χ1) is 8.52. The first-order valence-electron chi connectivity index (χ1n) is 4.58. The quantitative estimate of drug-likeness (QED) is 0.662. The van der Waals surface area contributed by atoms with Crippen molar-refractivity contribution in [3.63, 3.8) is 0 Å². The van der Waals surface area contributed by atoms with E-state index >= 15 is 0 Å². The maximum absolute atomic E-state index is 11.4. The fourth-order valence-electron chi connectivity index (χ4n) is 0.958. The van der Waals surface area contributed by atoms with Crippen molar-refractivity contribution in [2.45, 2.75) is 0 Å². The van der Waals surface area contributed by atoms with Crippen LogP contribution in [0.3, 0.4) is 0 Å². The Morgan fingerprint density at radius 1 is 1.39 bits per heavy atom. The SMILES string of the molecule is COCCOS(=O)(=O)Nc1nc(C#N)c(C#N)[nH]1. The Labute approximate surface area is 103 Å². The maximum Gasteiger partial charge on any atom is 0.362 e. The number of ether oxygens (including phenoxy) is 1. The van der Waals surface area contributed by atoms with Gasteiger partial charge in [-0.25, -0.2) is 4.72 Å². The van der Waals surface area contributed by atoms with Crippen molar-refractivity contribution in [3.05, 3.63) is 11.4 Å². The number of anilines is 1. The third-order valence-corrected chi connectivity index (χ3v) is 2.59. The van der Waals surface area contributed by atoms with Gasteiger partial charge in [0.05, 0.1) is 13.2 Å². The molecule has 0 saturated carbocycles. The summed E-state index contributed by atoms with van der Waals surface area (Å²) in [6.45, 7) is -0.0608. The lowest BCUT2D eigenvalue weighted by Crippen LogP contribution is -2.19. The minimum Gasteiger partial charge on any atom is -0.382 e. The number of H-pyrrole nitrogens is 1. The molecule has 1 heterocycles. The summed E-state index contributed by atoms with van der Waals surface area (Å²) in [5.74, 6) is -0.263. The van der Waals surface area contributed by atoms with Gasteiger partial charge in [0.1, 0.15) is 12.1 Å². The molecule has 18 heavy (non-hydrogen) atoms. The zero-order valence-corrected chi connectivity index (χ0v) is 10.1. The van der Waals surface area contributed by atoms with Crippen molar-refractivity contribution in [1.82, 2.24) is 9.97 Å². The molecule has 0 saturated heterocycles. The van der Waals surface area contributed by atoms with Crippen LogP contribution < -0.4 is 4.72 Å². The smallest absolute Gasteiger partial charge is 0.362 e. The predicted octanol–water partition coefficient (Wildman–Crippen LogP) is -0.527. The number of nitrogens with one attached hydrogen (secondary N) is 2. The van der Waals surface area contributed by atoms with Crippen molar-refractivity contribution in [2.75, 3.05) is 25.0 Å². The lowest BCUT2D eigenvalue weighted by atomic mass is 10.4. The van der Waals surface area contributed by atoms with E-state index in [0.717, 1.165) is 0 Å². The molecule has 0 spiro atoms. The van der Waals surface area contributed by atoms with Gasteiger partial charge >= 0.3 is 10.3 Å². The van der Waals surface area contributed by atoms with Gasteiger partial charge < -0.3 is 9.72 Å². The van der Waals surface area contributed by atoms with Crippen LogP contribution in [0.5, 0.6) is 0 Å². The number of imidazole rings is 1. The van der Waals surface area contributed by atoms with E-state index in [1.807, 2.05) is 4.72 Å². The Hall–Kier alpha value is -2.14. The lowest BCUT2D eigenvalue weighted by molar-refractivity contribution is 0.149.